The van der Waals surface area contributed by atoms with E-state index < -0.39 is 0 Å². The fourth-order valence-electron chi connectivity index (χ4n) is 3.31. The summed E-state index contributed by atoms with van der Waals surface area (Å²) < 4.78 is 2.18. The van der Waals surface area contributed by atoms with Gasteiger partial charge in [-0.25, -0.2) is 0 Å². The second-order valence-corrected chi connectivity index (χ2v) is 5.63. The van der Waals surface area contributed by atoms with E-state index in [1.54, 1.807) is 0 Å². The Labute approximate surface area is 114 Å². The second-order valence-electron chi connectivity index (χ2n) is 5.63. The molecule has 0 spiro atoms. The van der Waals surface area contributed by atoms with Crippen molar-refractivity contribution in [3.8, 4) is 0 Å². The molecule has 3 rings (SSSR count). The molecule has 0 saturated carbocycles. The lowest BCUT2D eigenvalue weighted by atomic mass is 9.88. The highest BCUT2D eigenvalue weighted by atomic mass is 16.3. The van der Waals surface area contributed by atoms with E-state index in [1.165, 1.54) is 16.6 Å². The second kappa shape index (κ2) is 4.99. The Morgan fingerprint density at radius 3 is 2.89 bits per heavy atom. The van der Waals surface area contributed by atoms with Crippen molar-refractivity contribution < 1.29 is 5.11 Å². The SMILES string of the molecule is Cc1c(C(O)C2CCCNC2)c2ccccc2n1C. The summed E-state index contributed by atoms with van der Waals surface area (Å²) in [5.74, 6) is 0.332. The molecule has 102 valence electrons. The number of aromatic nitrogens is 1. The Morgan fingerprint density at radius 2 is 2.16 bits per heavy atom. The minimum absolute atomic E-state index is 0.332. The molecule has 1 fully saturated rings. The number of hydrogen-bond acceptors (Lipinski definition) is 2. The van der Waals surface area contributed by atoms with Crippen LogP contribution in [0.2, 0.25) is 0 Å². The number of fused-ring (bicyclic) bond motifs is 1. The minimum Gasteiger partial charge on any atom is -0.388 e. The maximum Gasteiger partial charge on any atom is 0.0853 e. The summed E-state index contributed by atoms with van der Waals surface area (Å²) in [5, 5.41) is 15.4. The Kier molecular flexibility index (Phi) is 3.33. The zero-order valence-electron chi connectivity index (χ0n) is 11.7. The van der Waals surface area contributed by atoms with Gasteiger partial charge in [-0.1, -0.05) is 18.2 Å². The van der Waals surface area contributed by atoms with Crippen molar-refractivity contribution >= 4 is 10.9 Å². The normalized spacial score (nSPS) is 21.7. The van der Waals surface area contributed by atoms with Crippen molar-refractivity contribution in [2.75, 3.05) is 13.1 Å². The molecule has 1 aromatic heterocycles. The fraction of sp³-hybridized carbons (Fsp3) is 0.500. The van der Waals surface area contributed by atoms with Gasteiger partial charge < -0.3 is 15.0 Å². The van der Waals surface area contributed by atoms with Crippen molar-refractivity contribution in [2.45, 2.75) is 25.9 Å². The minimum atomic E-state index is -0.362. The molecule has 2 atom stereocenters. The van der Waals surface area contributed by atoms with Crippen LogP contribution in [-0.4, -0.2) is 22.8 Å². The van der Waals surface area contributed by atoms with E-state index in [-0.39, 0.29) is 6.10 Å². The molecular weight excluding hydrogens is 236 g/mol. The van der Waals surface area contributed by atoms with Gasteiger partial charge >= 0.3 is 0 Å². The summed E-state index contributed by atoms with van der Waals surface area (Å²) in [5.41, 5.74) is 3.50. The Balaban J connectivity index is 2.06. The van der Waals surface area contributed by atoms with Gasteiger partial charge in [-0.15, -0.1) is 0 Å². The molecule has 2 N–H and O–H groups in total. The molecule has 3 nitrogen and oxygen atoms in total. The number of aliphatic hydroxyl groups is 1. The van der Waals surface area contributed by atoms with Crippen LogP contribution in [0.15, 0.2) is 24.3 Å². The van der Waals surface area contributed by atoms with E-state index in [1.807, 2.05) is 0 Å². The third kappa shape index (κ3) is 2.07. The molecule has 1 aliphatic rings. The van der Waals surface area contributed by atoms with Crippen molar-refractivity contribution in [3.63, 3.8) is 0 Å². The third-order valence-electron chi connectivity index (χ3n) is 4.53. The molecule has 2 heterocycles. The highest BCUT2D eigenvalue weighted by molar-refractivity contribution is 5.85. The summed E-state index contributed by atoms with van der Waals surface area (Å²) in [4.78, 5) is 0. The molecule has 0 bridgehead atoms. The molecule has 19 heavy (non-hydrogen) atoms. The first-order valence-corrected chi connectivity index (χ1v) is 7.13. The number of hydrogen-bond donors (Lipinski definition) is 2. The van der Waals surface area contributed by atoms with Crippen LogP contribution in [0.25, 0.3) is 10.9 Å². The highest BCUT2D eigenvalue weighted by Crippen LogP contribution is 2.35. The molecular formula is C16H22N2O. The van der Waals surface area contributed by atoms with Gasteiger partial charge in [0.25, 0.3) is 0 Å². The number of piperidine rings is 1. The van der Waals surface area contributed by atoms with Gasteiger partial charge in [0.2, 0.25) is 0 Å². The van der Waals surface area contributed by atoms with Gasteiger partial charge in [0.15, 0.2) is 0 Å². The number of nitrogens with one attached hydrogen (secondary N) is 1. The highest BCUT2D eigenvalue weighted by Gasteiger charge is 2.27. The largest absolute Gasteiger partial charge is 0.388 e. The average molecular weight is 258 g/mol. The summed E-state index contributed by atoms with van der Waals surface area (Å²) in [6.07, 6.45) is 1.90. The average Bonchev–Trinajstić information content (AvgIpc) is 2.72. The number of aryl methyl sites for hydroxylation is 1. The van der Waals surface area contributed by atoms with Crippen LogP contribution in [0, 0.1) is 12.8 Å². The van der Waals surface area contributed by atoms with E-state index in [0.29, 0.717) is 5.92 Å². The van der Waals surface area contributed by atoms with E-state index in [0.717, 1.165) is 31.5 Å². The van der Waals surface area contributed by atoms with Crippen LogP contribution in [0.3, 0.4) is 0 Å². The topological polar surface area (TPSA) is 37.2 Å². The number of benzene rings is 1. The van der Waals surface area contributed by atoms with E-state index in [9.17, 15) is 5.11 Å². The van der Waals surface area contributed by atoms with Gasteiger partial charge in [0.05, 0.1) is 6.10 Å². The Hall–Kier alpha value is -1.32. The summed E-state index contributed by atoms with van der Waals surface area (Å²) >= 11 is 0. The lowest BCUT2D eigenvalue weighted by molar-refractivity contribution is 0.0927. The molecule has 0 radical (unpaired) electrons. The molecule has 0 aliphatic carbocycles. The van der Waals surface area contributed by atoms with E-state index in [2.05, 4.69) is 48.1 Å². The summed E-state index contributed by atoms with van der Waals surface area (Å²) in [7, 11) is 2.08. The van der Waals surface area contributed by atoms with Crippen LogP contribution in [0.5, 0.6) is 0 Å². The molecule has 1 saturated heterocycles. The first-order valence-electron chi connectivity index (χ1n) is 7.13. The lowest BCUT2D eigenvalue weighted by Gasteiger charge is -2.27. The maximum absolute atomic E-state index is 10.8. The van der Waals surface area contributed by atoms with Gasteiger partial charge in [-0.05, 0) is 32.4 Å². The van der Waals surface area contributed by atoms with Crippen molar-refractivity contribution in [1.82, 2.24) is 9.88 Å². The number of nitrogens with zero attached hydrogens (tertiary/aromatic N) is 1. The van der Waals surface area contributed by atoms with Gasteiger partial charge in [-0.2, -0.15) is 0 Å². The Bertz CT molecular complexity index is 582. The van der Waals surface area contributed by atoms with E-state index >= 15 is 0 Å². The zero-order valence-corrected chi connectivity index (χ0v) is 11.7. The predicted molar refractivity (Wildman–Crippen MR) is 78.2 cm³/mol. The van der Waals surface area contributed by atoms with Crippen molar-refractivity contribution in [3.05, 3.63) is 35.5 Å². The monoisotopic (exact) mass is 258 g/mol. The Morgan fingerprint density at radius 1 is 1.37 bits per heavy atom. The van der Waals surface area contributed by atoms with Crippen LogP contribution in [0.1, 0.15) is 30.2 Å². The maximum atomic E-state index is 10.8. The smallest absolute Gasteiger partial charge is 0.0853 e. The number of para-hydroxylation sites is 1. The van der Waals surface area contributed by atoms with Crippen molar-refractivity contribution in [1.29, 1.82) is 0 Å². The van der Waals surface area contributed by atoms with Crippen LogP contribution in [-0.2, 0) is 7.05 Å². The summed E-state index contributed by atoms with van der Waals surface area (Å²) in [6.45, 7) is 4.11. The summed E-state index contributed by atoms with van der Waals surface area (Å²) in [6, 6.07) is 8.35. The first kappa shape index (κ1) is 12.7. The van der Waals surface area contributed by atoms with Crippen LogP contribution < -0.4 is 5.32 Å². The zero-order chi connectivity index (χ0) is 13.4. The molecule has 3 heteroatoms. The molecule has 1 aromatic carbocycles. The standard InChI is InChI=1S/C16H22N2O/c1-11-15(16(19)12-6-5-9-17-10-12)13-7-3-4-8-14(13)18(11)2/h3-4,7-8,12,16-17,19H,5-6,9-10H2,1-2H3. The van der Waals surface area contributed by atoms with Gasteiger partial charge in [0.1, 0.15) is 0 Å². The predicted octanol–water partition coefficient (Wildman–Crippen LogP) is 2.52. The van der Waals surface area contributed by atoms with E-state index in [4.69, 9.17) is 0 Å². The van der Waals surface area contributed by atoms with Crippen LogP contribution >= 0.6 is 0 Å². The van der Waals surface area contributed by atoms with Crippen LogP contribution in [0.4, 0.5) is 0 Å². The number of aliphatic hydroxyl groups excluding tert-OH is 1. The molecule has 2 unspecified atom stereocenters. The third-order valence-corrected chi connectivity index (χ3v) is 4.53. The first-order chi connectivity index (χ1) is 9.20. The quantitative estimate of drug-likeness (QED) is 0.868. The molecule has 0 amide bonds. The lowest BCUT2D eigenvalue weighted by Crippen LogP contribution is -2.33. The van der Waals surface area contributed by atoms with Gasteiger partial charge in [0, 0.05) is 41.7 Å². The number of rotatable bonds is 2. The van der Waals surface area contributed by atoms with Gasteiger partial charge in [-0.3, -0.25) is 0 Å². The molecule has 2 aromatic rings. The molecule has 1 aliphatic heterocycles. The fourth-order valence-corrected chi connectivity index (χ4v) is 3.31. The van der Waals surface area contributed by atoms with Crippen molar-refractivity contribution in [2.24, 2.45) is 13.0 Å².